The van der Waals surface area contributed by atoms with E-state index in [9.17, 15) is 4.79 Å². The third kappa shape index (κ3) is 2.24. The van der Waals surface area contributed by atoms with Gasteiger partial charge >= 0.3 is 0 Å². The number of carbonyl (C=O) groups is 1. The average Bonchev–Trinajstić information content (AvgIpc) is 2.99. The minimum Gasteiger partial charge on any atom is -0.338 e. The number of benzene rings is 1. The van der Waals surface area contributed by atoms with Gasteiger partial charge in [0.15, 0.2) is 0 Å². The highest BCUT2D eigenvalue weighted by molar-refractivity contribution is 5.97. The van der Waals surface area contributed by atoms with Gasteiger partial charge in [-0.3, -0.25) is 4.79 Å². The van der Waals surface area contributed by atoms with E-state index in [0.717, 1.165) is 49.3 Å². The first-order chi connectivity index (χ1) is 9.51. The van der Waals surface area contributed by atoms with Crippen molar-refractivity contribution in [3.05, 3.63) is 34.4 Å². The largest absolute Gasteiger partial charge is 0.338 e. The lowest BCUT2D eigenvalue weighted by molar-refractivity contribution is 0.0774. The Kier molecular flexibility index (Phi) is 3.33. The van der Waals surface area contributed by atoms with E-state index in [-0.39, 0.29) is 5.91 Å². The standard InChI is InChI=1S/C17H24N2O/c1-12-8-13(2)15(14(3)9-12)16(20)19-7-5-17(11-19)4-6-18-10-17/h8-9,18H,4-7,10-11H2,1-3H3. The normalized spacial score (nSPS) is 25.6. The van der Waals surface area contributed by atoms with Crippen LogP contribution in [0.15, 0.2) is 12.1 Å². The molecule has 1 spiro atoms. The van der Waals surface area contributed by atoms with E-state index in [4.69, 9.17) is 0 Å². The molecule has 2 aliphatic rings. The van der Waals surface area contributed by atoms with Crippen molar-refractivity contribution < 1.29 is 4.79 Å². The van der Waals surface area contributed by atoms with Crippen molar-refractivity contribution in [1.82, 2.24) is 10.2 Å². The molecule has 3 rings (SSSR count). The first kappa shape index (κ1) is 13.6. The molecule has 3 heteroatoms. The van der Waals surface area contributed by atoms with Crippen LogP contribution in [-0.4, -0.2) is 37.0 Å². The highest BCUT2D eigenvalue weighted by Gasteiger charge is 2.42. The SMILES string of the molecule is Cc1cc(C)c(C(=O)N2CCC3(CCNC3)C2)c(C)c1. The van der Waals surface area contributed by atoms with Crippen LogP contribution in [0.4, 0.5) is 0 Å². The Balaban J connectivity index is 1.84. The molecule has 108 valence electrons. The van der Waals surface area contributed by atoms with Crippen LogP contribution in [0.2, 0.25) is 0 Å². The van der Waals surface area contributed by atoms with Crippen molar-refractivity contribution in [1.29, 1.82) is 0 Å². The summed E-state index contributed by atoms with van der Waals surface area (Å²) in [5, 5.41) is 3.45. The van der Waals surface area contributed by atoms with Gasteiger partial charge in [-0.2, -0.15) is 0 Å². The van der Waals surface area contributed by atoms with Crippen LogP contribution < -0.4 is 5.32 Å². The molecule has 1 aromatic carbocycles. The van der Waals surface area contributed by atoms with Gasteiger partial charge < -0.3 is 10.2 Å². The first-order valence-corrected chi connectivity index (χ1v) is 7.59. The van der Waals surface area contributed by atoms with Crippen LogP contribution in [0.5, 0.6) is 0 Å². The van der Waals surface area contributed by atoms with Crippen molar-refractivity contribution in [2.45, 2.75) is 33.6 Å². The topological polar surface area (TPSA) is 32.3 Å². The monoisotopic (exact) mass is 272 g/mol. The van der Waals surface area contributed by atoms with Gasteiger partial charge in [-0.15, -0.1) is 0 Å². The fourth-order valence-electron chi connectivity index (χ4n) is 3.93. The summed E-state index contributed by atoms with van der Waals surface area (Å²) in [4.78, 5) is 14.9. The summed E-state index contributed by atoms with van der Waals surface area (Å²) in [7, 11) is 0. The Morgan fingerprint density at radius 1 is 1.20 bits per heavy atom. The minimum absolute atomic E-state index is 0.226. The summed E-state index contributed by atoms with van der Waals surface area (Å²) in [6, 6.07) is 4.23. The lowest BCUT2D eigenvalue weighted by atomic mass is 9.86. The van der Waals surface area contributed by atoms with Gasteiger partial charge in [-0.05, 0) is 51.3 Å². The molecule has 1 unspecified atom stereocenters. The van der Waals surface area contributed by atoms with Crippen LogP contribution >= 0.6 is 0 Å². The predicted octanol–water partition coefficient (Wildman–Crippen LogP) is 2.44. The van der Waals surface area contributed by atoms with Gasteiger partial charge in [-0.25, -0.2) is 0 Å². The molecular formula is C17H24N2O. The summed E-state index contributed by atoms with van der Waals surface area (Å²) >= 11 is 0. The Morgan fingerprint density at radius 2 is 1.90 bits per heavy atom. The quantitative estimate of drug-likeness (QED) is 0.851. The number of amides is 1. The highest BCUT2D eigenvalue weighted by Crippen LogP contribution is 2.37. The molecule has 0 radical (unpaired) electrons. The zero-order chi connectivity index (χ0) is 14.3. The van der Waals surface area contributed by atoms with E-state index in [0.29, 0.717) is 5.41 Å². The lowest BCUT2D eigenvalue weighted by Gasteiger charge is -2.24. The molecule has 0 saturated carbocycles. The van der Waals surface area contributed by atoms with Crippen molar-refractivity contribution in [2.75, 3.05) is 26.2 Å². The summed E-state index contributed by atoms with van der Waals surface area (Å²) in [5.74, 6) is 0.226. The molecule has 0 aromatic heterocycles. The third-order valence-electron chi connectivity index (χ3n) is 4.95. The molecule has 1 atom stereocenters. The molecule has 1 aromatic rings. The van der Waals surface area contributed by atoms with Crippen molar-refractivity contribution >= 4 is 5.91 Å². The first-order valence-electron chi connectivity index (χ1n) is 7.59. The van der Waals surface area contributed by atoms with Crippen LogP contribution in [0.25, 0.3) is 0 Å². The van der Waals surface area contributed by atoms with Gasteiger partial charge in [0.25, 0.3) is 5.91 Å². The number of carbonyl (C=O) groups excluding carboxylic acids is 1. The maximum absolute atomic E-state index is 12.8. The number of hydrogen-bond acceptors (Lipinski definition) is 2. The van der Waals surface area contributed by atoms with E-state index in [2.05, 4.69) is 43.1 Å². The summed E-state index contributed by atoms with van der Waals surface area (Å²) in [5.41, 5.74) is 4.71. The van der Waals surface area contributed by atoms with E-state index in [1.54, 1.807) is 0 Å². The van der Waals surface area contributed by atoms with E-state index < -0.39 is 0 Å². The van der Waals surface area contributed by atoms with E-state index >= 15 is 0 Å². The Bertz CT molecular complexity index is 521. The van der Waals surface area contributed by atoms with Gasteiger partial charge in [0, 0.05) is 30.6 Å². The smallest absolute Gasteiger partial charge is 0.254 e. The second kappa shape index (κ2) is 4.88. The average molecular weight is 272 g/mol. The molecule has 2 fully saturated rings. The molecule has 0 bridgehead atoms. The van der Waals surface area contributed by atoms with E-state index in [1.807, 2.05) is 0 Å². The number of rotatable bonds is 1. The zero-order valence-electron chi connectivity index (χ0n) is 12.8. The summed E-state index contributed by atoms with van der Waals surface area (Å²) in [6.07, 6.45) is 2.36. The van der Waals surface area contributed by atoms with Crippen LogP contribution in [0.1, 0.15) is 39.9 Å². The molecule has 2 aliphatic heterocycles. The number of nitrogens with zero attached hydrogens (tertiary/aromatic N) is 1. The molecule has 2 heterocycles. The van der Waals surface area contributed by atoms with E-state index in [1.165, 1.54) is 12.0 Å². The van der Waals surface area contributed by atoms with Gasteiger partial charge in [0.1, 0.15) is 0 Å². The Hall–Kier alpha value is -1.35. The lowest BCUT2D eigenvalue weighted by Crippen LogP contribution is -2.34. The van der Waals surface area contributed by atoms with Crippen molar-refractivity contribution in [3.8, 4) is 0 Å². The van der Waals surface area contributed by atoms with Gasteiger partial charge in [0.05, 0.1) is 0 Å². The predicted molar refractivity (Wildman–Crippen MR) is 81.1 cm³/mol. The Morgan fingerprint density at radius 3 is 2.50 bits per heavy atom. The Labute approximate surface area is 121 Å². The number of hydrogen-bond donors (Lipinski definition) is 1. The number of aryl methyl sites for hydroxylation is 3. The molecule has 1 N–H and O–H groups in total. The van der Waals surface area contributed by atoms with Crippen LogP contribution in [0, 0.1) is 26.2 Å². The fraction of sp³-hybridized carbons (Fsp3) is 0.588. The second-order valence-corrected chi connectivity index (χ2v) is 6.68. The molecule has 2 saturated heterocycles. The minimum atomic E-state index is 0.226. The highest BCUT2D eigenvalue weighted by atomic mass is 16.2. The third-order valence-corrected chi connectivity index (χ3v) is 4.95. The maximum atomic E-state index is 12.8. The number of nitrogens with one attached hydrogen (secondary N) is 1. The molecule has 0 aliphatic carbocycles. The maximum Gasteiger partial charge on any atom is 0.254 e. The second-order valence-electron chi connectivity index (χ2n) is 6.68. The van der Waals surface area contributed by atoms with Crippen LogP contribution in [-0.2, 0) is 0 Å². The molecular weight excluding hydrogens is 248 g/mol. The van der Waals surface area contributed by atoms with Gasteiger partial charge in [0.2, 0.25) is 0 Å². The fourth-order valence-corrected chi connectivity index (χ4v) is 3.93. The molecule has 20 heavy (non-hydrogen) atoms. The molecule has 3 nitrogen and oxygen atoms in total. The summed E-state index contributed by atoms with van der Waals surface area (Å²) < 4.78 is 0. The van der Waals surface area contributed by atoms with Crippen LogP contribution in [0.3, 0.4) is 0 Å². The summed E-state index contributed by atoms with van der Waals surface area (Å²) in [6.45, 7) is 10.2. The number of likely N-dealkylation sites (tertiary alicyclic amines) is 1. The van der Waals surface area contributed by atoms with Gasteiger partial charge in [-0.1, -0.05) is 17.7 Å². The zero-order valence-corrected chi connectivity index (χ0v) is 12.8. The molecule has 1 amide bonds. The van der Waals surface area contributed by atoms with Crippen molar-refractivity contribution in [2.24, 2.45) is 5.41 Å². The van der Waals surface area contributed by atoms with Crippen molar-refractivity contribution in [3.63, 3.8) is 0 Å².